The van der Waals surface area contributed by atoms with Gasteiger partial charge in [0.25, 0.3) is 0 Å². The van der Waals surface area contributed by atoms with Gasteiger partial charge in [-0.05, 0) is 50.3 Å². The Balaban J connectivity index is 1.47. The molecule has 0 spiro atoms. The fraction of sp³-hybridized carbons (Fsp3) is 0.435. The minimum atomic E-state index is -1.07. The molecule has 162 valence electrons. The van der Waals surface area contributed by atoms with Crippen LogP contribution in [0.15, 0.2) is 36.2 Å². The number of carboxylic acids is 1. The van der Waals surface area contributed by atoms with E-state index in [1.54, 1.807) is 0 Å². The third kappa shape index (κ3) is 4.42. The Morgan fingerprint density at radius 1 is 1.13 bits per heavy atom. The number of anilines is 2. The van der Waals surface area contributed by atoms with E-state index in [0.29, 0.717) is 5.82 Å². The molecular formula is C23H28N6O2. The van der Waals surface area contributed by atoms with E-state index in [1.807, 2.05) is 0 Å². The fourth-order valence-electron chi connectivity index (χ4n) is 4.17. The minimum absolute atomic E-state index is 0.0454. The molecule has 1 aliphatic heterocycles. The third-order valence-corrected chi connectivity index (χ3v) is 6.12. The first kappa shape index (κ1) is 21.0. The topological polar surface area (TPSA) is 95.3 Å². The molecule has 0 radical (unpaired) electrons. The maximum Gasteiger partial charge on any atom is 0.356 e. The Morgan fingerprint density at radius 3 is 2.61 bits per heavy atom. The number of hydrogen-bond donors (Lipinski definition) is 1. The smallest absolute Gasteiger partial charge is 0.356 e. The summed E-state index contributed by atoms with van der Waals surface area (Å²) in [5.74, 6) is 0.564. The largest absolute Gasteiger partial charge is 0.476 e. The molecule has 1 atom stereocenters. The first-order valence-corrected chi connectivity index (χ1v) is 10.7. The molecule has 0 bridgehead atoms. The van der Waals surface area contributed by atoms with Crippen LogP contribution in [0.2, 0.25) is 0 Å². The first-order valence-electron chi connectivity index (χ1n) is 10.7. The summed E-state index contributed by atoms with van der Waals surface area (Å²) in [6.07, 6.45) is 12.6. The molecule has 3 heterocycles. The van der Waals surface area contributed by atoms with Crippen LogP contribution in [-0.4, -0.2) is 56.9 Å². The molecule has 1 fully saturated rings. The molecule has 0 unspecified atom stereocenters. The second kappa shape index (κ2) is 8.83. The van der Waals surface area contributed by atoms with E-state index in [4.69, 9.17) is 5.11 Å². The van der Waals surface area contributed by atoms with E-state index in [-0.39, 0.29) is 11.7 Å². The van der Waals surface area contributed by atoms with E-state index >= 15 is 0 Å². The number of carbonyl (C=O) groups is 1. The van der Waals surface area contributed by atoms with Gasteiger partial charge in [-0.25, -0.2) is 14.8 Å². The Morgan fingerprint density at radius 2 is 1.97 bits per heavy atom. The summed E-state index contributed by atoms with van der Waals surface area (Å²) in [6.45, 7) is 8.71. The molecular weight excluding hydrogens is 392 g/mol. The number of piperazine rings is 1. The van der Waals surface area contributed by atoms with E-state index in [1.165, 1.54) is 29.1 Å². The summed E-state index contributed by atoms with van der Waals surface area (Å²) in [7, 11) is 0. The van der Waals surface area contributed by atoms with Gasteiger partial charge in [-0.15, -0.1) is 5.10 Å². The van der Waals surface area contributed by atoms with Crippen molar-refractivity contribution < 1.29 is 9.90 Å². The quantitative estimate of drug-likeness (QED) is 0.788. The molecule has 8 heteroatoms. The Bertz CT molecular complexity index is 1030. The van der Waals surface area contributed by atoms with Crippen molar-refractivity contribution in [2.75, 3.05) is 29.4 Å². The zero-order valence-corrected chi connectivity index (χ0v) is 18.2. The highest BCUT2D eigenvalue weighted by Crippen LogP contribution is 2.27. The monoisotopic (exact) mass is 420 g/mol. The summed E-state index contributed by atoms with van der Waals surface area (Å²) >= 11 is 0. The van der Waals surface area contributed by atoms with Crippen LogP contribution in [0.25, 0.3) is 0 Å². The van der Waals surface area contributed by atoms with Crippen molar-refractivity contribution in [2.45, 2.75) is 46.1 Å². The average Bonchev–Trinajstić information content (AvgIpc) is 2.78. The lowest BCUT2D eigenvalue weighted by atomic mass is 9.99. The van der Waals surface area contributed by atoms with Crippen LogP contribution >= 0.6 is 0 Å². The van der Waals surface area contributed by atoms with Gasteiger partial charge in [0, 0.05) is 32.1 Å². The van der Waals surface area contributed by atoms with Crippen LogP contribution in [0.4, 0.5) is 11.6 Å². The molecule has 4 rings (SSSR count). The zero-order valence-electron chi connectivity index (χ0n) is 18.2. The number of allylic oxidation sites excluding steroid dienone is 4. The SMILES string of the molecule is Cc1c(CC2=CCCC=C2)nnc(N2CCN(c3cnc(C(=O)O)cn3)[C@H](C)C2)c1C. The number of aromatic nitrogens is 4. The molecule has 1 saturated heterocycles. The highest BCUT2D eigenvalue weighted by atomic mass is 16.4. The van der Waals surface area contributed by atoms with Crippen molar-refractivity contribution in [2.24, 2.45) is 0 Å². The molecule has 0 saturated carbocycles. The Hall–Kier alpha value is -3.29. The van der Waals surface area contributed by atoms with Crippen LogP contribution in [0, 0.1) is 13.8 Å². The highest BCUT2D eigenvalue weighted by Gasteiger charge is 2.27. The Kier molecular flexibility index (Phi) is 5.97. The zero-order chi connectivity index (χ0) is 22.0. The number of carboxylic acid groups (broad SMARTS) is 1. The van der Waals surface area contributed by atoms with Gasteiger partial charge in [0.05, 0.1) is 18.1 Å². The van der Waals surface area contributed by atoms with Crippen molar-refractivity contribution in [3.05, 3.63) is 58.7 Å². The lowest BCUT2D eigenvalue weighted by Gasteiger charge is -2.41. The molecule has 0 aromatic carbocycles. The summed E-state index contributed by atoms with van der Waals surface area (Å²) < 4.78 is 0. The summed E-state index contributed by atoms with van der Waals surface area (Å²) in [6, 6.07) is 0.178. The van der Waals surface area contributed by atoms with Gasteiger partial charge in [-0.1, -0.05) is 18.2 Å². The second-order valence-corrected chi connectivity index (χ2v) is 8.21. The summed E-state index contributed by atoms with van der Waals surface area (Å²) in [5.41, 5.74) is 4.69. The molecule has 2 aliphatic rings. The third-order valence-electron chi connectivity index (χ3n) is 6.12. The van der Waals surface area contributed by atoms with Crippen LogP contribution in [0.1, 0.15) is 47.1 Å². The van der Waals surface area contributed by atoms with Crippen LogP contribution in [0.5, 0.6) is 0 Å². The fourth-order valence-corrected chi connectivity index (χ4v) is 4.17. The van der Waals surface area contributed by atoms with Crippen LogP contribution in [0.3, 0.4) is 0 Å². The number of nitrogens with zero attached hydrogens (tertiary/aromatic N) is 6. The van der Waals surface area contributed by atoms with Crippen LogP contribution < -0.4 is 9.80 Å². The van der Waals surface area contributed by atoms with Gasteiger partial charge in [-0.3, -0.25) is 0 Å². The first-order chi connectivity index (χ1) is 14.9. The van der Waals surface area contributed by atoms with Crippen molar-refractivity contribution in [3.63, 3.8) is 0 Å². The van der Waals surface area contributed by atoms with Crippen molar-refractivity contribution >= 4 is 17.6 Å². The molecule has 8 nitrogen and oxygen atoms in total. The van der Waals surface area contributed by atoms with E-state index < -0.39 is 5.97 Å². The molecule has 1 N–H and O–H groups in total. The lowest BCUT2D eigenvalue weighted by molar-refractivity contribution is 0.0690. The van der Waals surface area contributed by atoms with E-state index in [0.717, 1.165) is 50.4 Å². The van der Waals surface area contributed by atoms with Gasteiger partial charge in [0.2, 0.25) is 0 Å². The van der Waals surface area contributed by atoms with Gasteiger partial charge in [-0.2, -0.15) is 5.10 Å². The average molecular weight is 421 g/mol. The lowest BCUT2D eigenvalue weighted by Crippen LogP contribution is -2.53. The molecule has 2 aromatic rings. The van der Waals surface area contributed by atoms with Gasteiger partial charge in [0.1, 0.15) is 5.82 Å². The van der Waals surface area contributed by atoms with Crippen molar-refractivity contribution in [1.29, 1.82) is 0 Å². The Labute approximate surface area is 182 Å². The van der Waals surface area contributed by atoms with Crippen LogP contribution in [-0.2, 0) is 6.42 Å². The van der Waals surface area contributed by atoms with Crippen molar-refractivity contribution in [1.82, 2.24) is 20.2 Å². The van der Waals surface area contributed by atoms with Gasteiger partial charge in [0.15, 0.2) is 11.5 Å². The molecule has 31 heavy (non-hydrogen) atoms. The van der Waals surface area contributed by atoms with E-state index in [2.05, 4.69) is 69.0 Å². The standard InChI is InChI=1S/C23H28N6O2/c1-15-14-28(9-10-29(15)21-13-24-20(12-25-21)23(30)31)22-17(3)16(2)19(26-27-22)11-18-7-5-4-6-8-18/h5,7-8,12-13,15H,4,6,9-11,14H2,1-3H3,(H,30,31)/t15-/m1/s1. The second-order valence-electron chi connectivity index (χ2n) is 8.21. The molecule has 0 amide bonds. The number of rotatable bonds is 5. The van der Waals surface area contributed by atoms with E-state index in [9.17, 15) is 4.79 Å². The van der Waals surface area contributed by atoms with Crippen molar-refractivity contribution in [3.8, 4) is 0 Å². The summed E-state index contributed by atoms with van der Waals surface area (Å²) in [5, 5.41) is 18.2. The number of aromatic carboxylic acids is 1. The maximum absolute atomic E-state index is 11.0. The normalized spacial score (nSPS) is 18.8. The maximum atomic E-state index is 11.0. The number of hydrogen-bond acceptors (Lipinski definition) is 7. The molecule has 1 aliphatic carbocycles. The predicted octanol–water partition coefficient (Wildman–Crippen LogP) is 3.12. The predicted molar refractivity (Wildman–Crippen MR) is 120 cm³/mol. The highest BCUT2D eigenvalue weighted by molar-refractivity contribution is 5.84. The minimum Gasteiger partial charge on any atom is -0.476 e. The van der Waals surface area contributed by atoms with Gasteiger partial charge < -0.3 is 14.9 Å². The summed E-state index contributed by atoms with van der Waals surface area (Å²) in [4.78, 5) is 23.7. The van der Waals surface area contributed by atoms with Gasteiger partial charge >= 0.3 is 5.97 Å². The molecule has 2 aromatic heterocycles.